The third-order valence-electron chi connectivity index (χ3n) is 5.14. The summed E-state index contributed by atoms with van der Waals surface area (Å²) in [6.07, 6.45) is 0.794. The van der Waals surface area contributed by atoms with Crippen LogP contribution in [0.1, 0.15) is 29.3 Å². The lowest BCUT2D eigenvalue weighted by Crippen LogP contribution is -2.29. The van der Waals surface area contributed by atoms with Gasteiger partial charge in [-0.1, -0.05) is 11.8 Å². The van der Waals surface area contributed by atoms with Gasteiger partial charge in [0.15, 0.2) is 0 Å². The van der Waals surface area contributed by atoms with Crippen LogP contribution in [0.15, 0.2) is 15.9 Å². The molecule has 9 nitrogen and oxygen atoms in total. The summed E-state index contributed by atoms with van der Waals surface area (Å²) in [5, 5.41) is 9.93. The number of carboxylic acids is 1. The van der Waals surface area contributed by atoms with E-state index in [1.54, 1.807) is 10.6 Å². The van der Waals surface area contributed by atoms with Crippen molar-refractivity contribution < 1.29 is 27.3 Å². The first-order valence-electron chi connectivity index (χ1n) is 9.17. The van der Waals surface area contributed by atoms with Crippen LogP contribution < -0.4 is 16.1 Å². The maximum Gasteiger partial charge on any atom is 0.342 e. The maximum atomic E-state index is 14.9. The molecule has 0 spiro atoms. The molecule has 164 valence electrons. The summed E-state index contributed by atoms with van der Waals surface area (Å²) >= 11 is 1.32. The minimum absolute atomic E-state index is 0.0102. The Morgan fingerprint density at radius 2 is 2.07 bits per heavy atom. The Morgan fingerprint density at radius 1 is 1.43 bits per heavy atom. The number of nitrogens with zero attached hydrogens (tertiary/aromatic N) is 2. The molecule has 1 saturated heterocycles. The summed E-state index contributed by atoms with van der Waals surface area (Å²) in [7, 11) is -3.66. The zero-order valence-corrected chi connectivity index (χ0v) is 18.0. The number of thioether (sulfide) groups is 1. The first-order chi connectivity index (χ1) is 14.0. The van der Waals surface area contributed by atoms with E-state index < -0.39 is 27.3 Å². The van der Waals surface area contributed by atoms with Crippen LogP contribution in [0.5, 0.6) is 0 Å². The van der Waals surface area contributed by atoms with Crippen LogP contribution in [-0.2, 0) is 16.0 Å². The zero-order chi connectivity index (χ0) is 22.4. The maximum absolute atomic E-state index is 14.9. The topological polar surface area (TPSA) is 143 Å². The van der Waals surface area contributed by atoms with Crippen LogP contribution in [-0.4, -0.2) is 53.5 Å². The molecule has 2 aromatic rings. The first-order valence-corrected chi connectivity index (χ1v) is 11.8. The molecule has 2 aliphatic heterocycles. The fourth-order valence-electron chi connectivity index (χ4n) is 3.49. The largest absolute Gasteiger partial charge is 0.477 e. The van der Waals surface area contributed by atoms with Crippen molar-refractivity contribution in [1.82, 2.24) is 4.57 Å². The van der Waals surface area contributed by atoms with Crippen LogP contribution in [0.4, 0.5) is 10.1 Å². The predicted octanol–water partition coefficient (Wildman–Crippen LogP) is 1.64. The fourth-order valence-corrected chi connectivity index (χ4v) is 4.43. The number of aryl methyl sites for hydroxylation is 1. The van der Waals surface area contributed by atoms with Crippen molar-refractivity contribution in [3.8, 4) is 0 Å². The average molecular weight is 460 g/mol. The lowest BCUT2D eigenvalue weighted by Gasteiger charge is -2.28. The molecule has 1 unspecified atom stereocenters. The van der Waals surface area contributed by atoms with Gasteiger partial charge in [-0.3, -0.25) is 9.35 Å². The third kappa shape index (κ3) is 4.04. The number of rotatable bonds is 3. The molecule has 0 radical (unpaired) electrons. The molecular formula is C18H22FN3O6S2. The van der Waals surface area contributed by atoms with E-state index in [2.05, 4.69) is 0 Å². The fraction of sp³-hybridized carbons (Fsp3) is 0.444. The van der Waals surface area contributed by atoms with Crippen molar-refractivity contribution in [2.75, 3.05) is 23.7 Å². The standard InChI is InChI=1S/C16H16FN3O3S.C2H6O3S/c1-7-11-9(4-10(13(7)17)19-3-2-8(18)5-19)20-6-24-15(20)12(14(11)21)16(22)23;1-2-6(3,4)5/h4,8H,2-3,5-6,18H2,1H3,(H,22,23);2H2,1H3,(H,3,4,5). The third-order valence-corrected chi connectivity index (χ3v) is 6.95. The Morgan fingerprint density at radius 3 is 2.50 bits per heavy atom. The van der Waals surface area contributed by atoms with Gasteiger partial charge in [-0.05, 0) is 26.3 Å². The van der Waals surface area contributed by atoms with E-state index in [1.165, 1.54) is 25.6 Å². The molecule has 0 amide bonds. The Hall–Kier alpha value is -2.15. The molecule has 3 heterocycles. The molecule has 1 aromatic carbocycles. The number of anilines is 1. The summed E-state index contributed by atoms with van der Waals surface area (Å²) < 4.78 is 43.6. The van der Waals surface area contributed by atoms with Crippen molar-refractivity contribution in [1.29, 1.82) is 0 Å². The Kier molecular flexibility index (Phi) is 6.14. The van der Waals surface area contributed by atoms with Gasteiger partial charge in [-0.25, -0.2) is 9.18 Å². The summed E-state index contributed by atoms with van der Waals surface area (Å²) in [6.45, 7) is 4.14. The van der Waals surface area contributed by atoms with E-state index in [0.29, 0.717) is 35.2 Å². The lowest BCUT2D eigenvalue weighted by molar-refractivity contribution is 0.0689. The zero-order valence-electron chi connectivity index (χ0n) is 16.4. The number of pyridine rings is 1. The van der Waals surface area contributed by atoms with Crippen molar-refractivity contribution in [3.63, 3.8) is 0 Å². The molecule has 1 aromatic heterocycles. The van der Waals surface area contributed by atoms with E-state index in [4.69, 9.17) is 10.3 Å². The number of hydrogen-bond donors (Lipinski definition) is 3. The number of nitrogens with two attached hydrogens (primary N) is 1. The minimum atomic E-state index is -3.66. The summed E-state index contributed by atoms with van der Waals surface area (Å²) in [4.78, 5) is 26.0. The molecule has 0 bridgehead atoms. The first kappa shape index (κ1) is 22.5. The summed E-state index contributed by atoms with van der Waals surface area (Å²) in [6, 6.07) is 1.67. The van der Waals surface area contributed by atoms with Gasteiger partial charge in [-0.15, -0.1) is 0 Å². The second kappa shape index (κ2) is 8.17. The number of benzene rings is 1. The Labute approximate surface area is 176 Å². The summed E-state index contributed by atoms with van der Waals surface area (Å²) in [5.74, 6) is -1.39. The highest BCUT2D eigenvalue weighted by Crippen LogP contribution is 2.39. The van der Waals surface area contributed by atoms with Gasteiger partial charge in [0.25, 0.3) is 10.1 Å². The molecule has 1 fully saturated rings. The molecule has 1 atom stereocenters. The molecule has 0 saturated carbocycles. The monoisotopic (exact) mass is 459 g/mol. The molecule has 30 heavy (non-hydrogen) atoms. The highest BCUT2D eigenvalue weighted by Gasteiger charge is 2.31. The van der Waals surface area contributed by atoms with Gasteiger partial charge in [0, 0.05) is 24.7 Å². The van der Waals surface area contributed by atoms with Gasteiger partial charge >= 0.3 is 5.97 Å². The number of halogens is 1. The molecule has 4 rings (SSSR count). The number of carboxylic acid groups (broad SMARTS) is 1. The highest BCUT2D eigenvalue weighted by molar-refractivity contribution is 7.99. The van der Waals surface area contributed by atoms with Crippen molar-refractivity contribution >= 4 is 44.4 Å². The number of carbonyl (C=O) groups is 1. The van der Waals surface area contributed by atoms with Gasteiger partial charge in [-0.2, -0.15) is 8.42 Å². The minimum Gasteiger partial charge on any atom is -0.477 e. The van der Waals surface area contributed by atoms with Crippen LogP contribution in [0.3, 0.4) is 0 Å². The predicted molar refractivity (Wildman–Crippen MR) is 113 cm³/mol. The smallest absolute Gasteiger partial charge is 0.342 e. The molecular weight excluding hydrogens is 437 g/mol. The Balaban J connectivity index is 0.000000377. The number of aromatic carboxylic acids is 1. The molecule has 12 heteroatoms. The van der Waals surface area contributed by atoms with Crippen LogP contribution in [0, 0.1) is 12.7 Å². The van der Waals surface area contributed by atoms with E-state index in [9.17, 15) is 27.5 Å². The second-order valence-electron chi connectivity index (χ2n) is 7.11. The van der Waals surface area contributed by atoms with Crippen LogP contribution >= 0.6 is 11.8 Å². The van der Waals surface area contributed by atoms with E-state index in [1.807, 2.05) is 4.90 Å². The summed E-state index contributed by atoms with van der Waals surface area (Å²) in [5.41, 5.74) is 6.26. The lowest BCUT2D eigenvalue weighted by atomic mass is 10.0. The van der Waals surface area contributed by atoms with Gasteiger partial charge in [0.05, 0.1) is 33.2 Å². The number of aromatic nitrogens is 1. The van der Waals surface area contributed by atoms with Crippen molar-refractivity contribution in [2.45, 2.75) is 37.2 Å². The van der Waals surface area contributed by atoms with Crippen LogP contribution in [0.2, 0.25) is 0 Å². The number of hydrogen-bond acceptors (Lipinski definition) is 7. The van der Waals surface area contributed by atoms with Gasteiger partial charge < -0.3 is 20.3 Å². The van der Waals surface area contributed by atoms with E-state index in [-0.39, 0.29) is 28.3 Å². The highest BCUT2D eigenvalue weighted by atomic mass is 32.2. The van der Waals surface area contributed by atoms with Crippen LogP contribution in [0.25, 0.3) is 10.9 Å². The molecule has 4 N–H and O–H groups in total. The normalized spacial score (nSPS) is 17.9. The molecule has 2 aliphatic rings. The second-order valence-corrected chi connectivity index (χ2v) is 9.78. The molecule has 0 aliphatic carbocycles. The number of fused-ring (bicyclic) bond motifs is 3. The van der Waals surface area contributed by atoms with Gasteiger partial charge in [0.2, 0.25) is 5.43 Å². The average Bonchev–Trinajstić information content (AvgIpc) is 3.06. The van der Waals surface area contributed by atoms with Gasteiger partial charge in [0.1, 0.15) is 11.4 Å². The van der Waals surface area contributed by atoms with Crippen molar-refractivity contribution in [3.05, 3.63) is 33.2 Å². The quantitative estimate of drug-likeness (QED) is 0.584. The van der Waals surface area contributed by atoms with E-state index >= 15 is 0 Å². The van der Waals surface area contributed by atoms with E-state index in [0.717, 1.165) is 6.42 Å². The van der Waals surface area contributed by atoms with Crippen molar-refractivity contribution in [2.24, 2.45) is 5.73 Å². The Bertz CT molecular complexity index is 1200. The SMILES string of the molecule is CCS(=O)(=O)O.Cc1c(F)c(N2CCC(N)C2)cc2c1c(=O)c(C(=O)O)c1n2CS1.